The summed E-state index contributed by atoms with van der Waals surface area (Å²) in [6.07, 6.45) is 3.93. The van der Waals surface area contributed by atoms with Gasteiger partial charge in [0.2, 0.25) is 0 Å². The van der Waals surface area contributed by atoms with E-state index in [9.17, 15) is 0 Å². The highest BCUT2D eigenvalue weighted by molar-refractivity contribution is 5.31. The van der Waals surface area contributed by atoms with Crippen LogP contribution in [0.25, 0.3) is 0 Å². The molecule has 1 fully saturated rings. The van der Waals surface area contributed by atoms with Gasteiger partial charge in [0.1, 0.15) is 0 Å². The van der Waals surface area contributed by atoms with Gasteiger partial charge in [-0.3, -0.25) is 0 Å². The second-order valence-corrected chi connectivity index (χ2v) is 4.83. The molecule has 0 aromatic heterocycles. The van der Waals surface area contributed by atoms with Crippen LogP contribution < -0.4 is 5.32 Å². The third-order valence-corrected chi connectivity index (χ3v) is 3.84. The predicted octanol–water partition coefficient (Wildman–Crippen LogP) is 2.30. The van der Waals surface area contributed by atoms with Gasteiger partial charge >= 0.3 is 0 Å². The summed E-state index contributed by atoms with van der Waals surface area (Å²) in [6, 6.07) is 8.79. The highest BCUT2D eigenvalue weighted by atomic mass is 16.5. The van der Waals surface area contributed by atoms with Crippen LogP contribution in [0.5, 0.6) is 0 Å². The molecule has 0 saturated carbocycles. The summed E-state index contributed by atoms with van der Waals surface area (Å²) < 4.78 is 6.02. The fourth-order valence-corrected chi connectivity index (χ4v) is 2.96. The number of hydrogen-bond acceptors (Lipinski definition) is 2. The van der Waals surface area contributed by atoms with Gasteiger partial charge in [0, 0.05) is 0 Å². The molecule has 0 aliphatic carbocycles. The molecule has 1 N–H and O–H groups in total. The van der Waals surface area contributed by atoms with Gasteiger partial charge in [-0.1, -0.05) is 24.3 Å². The molecule has 1 aromatic carbocycles. The Labute approximate surface area is 97.0 Å². The Morgan fingerprint density at radius 2 is 1.94 bits per heavy atom. The average Bonchev–Trinajstić information content (AvgIpc) is 2.39. The molecule has 0 spiro atoms. The van der Waals surface area contributed by atoms with E-state index in [1.807, 2.05) is 0 Å². The van der Waals surface area contributed by atoms with Crippen molar-refractivity contribution >= 4 is 0 Å². The van der Waals surface area contributed by atoms with E-state index in [4.69, 9.17) is 4.74 Å². The van der Waals surface area contributed by atoms with Crippen LogP contribution in [0.15, 0.2) is 24.3 Å². The lowest BCUT2D eigenvalue weighted by molar-refractivity contribution is -0.00812. The van der Waals surface area contributed by atoms with Gasteiger partial charge in [-0.25, -0.2) is 0 Å². The van der Waals surface area contributed by atoms with Crippen molar-refractivity contribution in [3.8, 4) is 0 Å². The van der Waals surface area contributed by atoms with Crippen molar-refractivity contribution in [1.82, 2.24) is 5.32 Å². The summed E-state index contributed by atoms with van der Waals surface area (Å²) in [4.78, 5) is 0. The smallest absolute Gasteiger partial charge is 0.0856 e. The number of fused-ring (bicyclic) bond motifs is 1. The molecule has 0 bridgehead atoms. The summed E-state index contributed by atoms with van der Waals surface area (Å²) in [5, 5.41) is 3.42. The van der Waals surface area contributed by atoms with Crippen LogP contribution >= 0.6 is 0 Å². The number of rotatable bonds is 1. The SMILES string of the molecule is c1ccc2c(c1)CCOC2C1CCNCC1. The van der Waals surface area contributed by atoms with E-state index in [1.54, 1.807) is 0 Å². The van der Waals surface area contributed by atoms with E-state index in [0.717, 1.165) is 26.1 Å². The lowest BCUT2D eigenvalue weighted by Crippen LogP contribution is -2.33. The van der Waals surface area contributed by atoms with Crippen LogP contribution in [0, 0.1) is 5.92 Å². The monoisotopic (exact) mass is 217 g/mol. The third-order valence-electron chi connectivity index (χ3n) is 3.84. The van der Waals surface area contributed by atoms with E-state index < -0.39 is 0 Å². The molecule has 1 unspecified atom stereocenters. The molecule has 2 nitrogen and oxygen atoms in total. The largest absolute Gasteiger partial charge is 0.373 e. The first-order valence-corrected chi connectivity index (χ1v) is 6.35. The highest BCUT2D eigenvalue weighted by Gasteiger charge is 2.29. The number of benzene rings is 1. The Hall–Kier alpha value is -0.860. The first kappa shape index (κ1) is 10.3. The van der Waals surface area contributed by atoms with E-state index in [1.165, 1.54) is 24.0 Å². The van der Waals surface area contributed by atoms with Crippen molar-refractivity contribution in [1.29, 1.82) is 0 Å². The summed E-state index contributed by atoms with van der Waals surface area (Å²) in [5.74, 6) is 0.711. The zero-order valence-electron chi connectivity index (χ0n) is 9.61. The van der Waals surface area contributed by atoms with Gasteiger partial charge in [0.25, 0.3) is 0 Å². The first-order valence-electron chi connectivity index (χ1n) is 6.35. The lowest BCUT2D eigenvalue weighted by Gasteiger charge is -2.34. The van der Waals surface area contributed by atoms with Gasteiger partial charge in [0.05, 0.1) is 12.7 Å². The molecular weight excluding hydrogens is 198 g/mol. The van der Waals surface area contributed by atoms with Gasteiger partial charge < -0.3 is 10.1 Å². The molecule has 2 aliphatic rings. The number of hydrogen-bond donors (Lipinski definition) is 1. The zero-order chi connectivity index (χ0) is 10.8. The number of nitrogens with one attached hydrogen (secondary N) is 1. The molecule has 1 aromatic rings. The minimum atomic E-state index is 0.354. The van der Waals surface area contributed by atoms with E-state index in [-0.39, 0.29) is 0 Å². The summed E-state index contributed by atoms with van der Waals surface area (Å²) >= 11 is 0. The zero-order valence-corrected chi connectivity index (χ0v) is 9.61. The van der Waals surface area contributed by atoms with Gasteiger partial charge in [-0.15, -0.1) is 0 Å². The van der Waals surface area contributed by atoms with Crippen molar-refractivity contribution in [2.24, 2.45) is 5.92 Å². The van der Waals surface area contributed by atoms with Crippen molar-refractivity contribution in [3.05, 3.63) is 35.4 Å². The van der Waals surface area contributed by atoms with Crippen LogP contribution in [0.3, 0.4) is 0 Å². The minimum Gasteiger partial charge on any atom is -0.373 e. The predicted molar refractivity (Wildman–Crippen MR) is 64.4 cm³/mol. The Morgan fingerprint density at radius 1 is 1.12 bits per heavy atom. The standard InChI is InChI=1S/C14H19NO/c1-2-4-13-11(3-1)7-10-16-14(13)12-5-8-15-9-6-12/h1-4,12,14-15H,5-10H2. The minimum absolute atomic E-state index is 0.354. The molecule has 86 valence electrons. The Bertz CT molecular complexity index is 358. The Morgan fingerprint density at radius 3 is 2.81 bits per heavy atom. The number of piperidine rings is 1. The molecule has 2 aliphatic heterocycles. The second-order valence-electron chi connectivity index (χ2n) is 4.83. The molecule has 2 heteroatoms. The maximum Gasteiger partial charge on any atom is 0.0856 e. The van der Waals surface area contributed by atoms with Crippen LogP contribution in [-0.2, 0) is 11.2 Å². The third kappa shape index (κ3) is 1.87. The van der Waals surface area contributed by atoms with Crippen LogP contribution in [0.2, 0.25) is 0 Å². The molecular formula is C14H19NO. The lowest BCUT2D eigenvalue weighted by atomic mass is 9.84. The van der Waals surface area contributed by atoms with Crippen molar-refractivity contribution in [3.63, 3.8) is 0 Å². The Kier molecular flexibility index (Phi) is 2.94. The normalized spacial score (nSPS) is 26.4. The maximum absolute atomic E-state index is 6.02. The fourth-order valence-electron chi connectivity index (χ4n) is 2.96. The van der Waals surface area contributed by atoms with E-state index in [0.29, 0.717) is 12.0 Å². The molecule has 1 atom stereocenters. The molecule has 1 saturated heterocycles. The number of ether oxygens (including phenoxy) is 1. The topological polar surface area (TPSA) is 21.3 Å². The van der Waals surface area contributed by atoms with Crippen molar-refractivity contribution in [2.45, 2.75) is 25.4 Å². The summed E-state index contributed by atoms with van der Waals surface area (Å²) in [6.45, 7) is 3.19. The summed E-state index contributed by atoms with van der Waals surface area (Å²) in [5.41, 5.74) is 2.94. The molecule has 0 radical (unpaired) electrons. The molecule has 3 rings (SSSR count). The first-order chi connectivity index (χ1) is 7.95. The highest BCUT2D eigenvalue weighted by Crippen LogP contribution is 2.36. The Balaban J connectivity index is 1.86. The van der Waals surface area contributed by atoms with Gasteiger partial charge in [-0.2, -0.15) is 0 Å². The quantitative estimate of drug-likeness (QED) is 0.779. The van der Waals surface area contributed by atoms with Gasteiger partial charge in [0.15, 0.2) is 0 Å². The van der Waals surface area contributed by atoms with Crippen LogP contribution in [0.4, 0.5) is 0 Å². The van der Waals surface area contributed by atoms with E-state index in [2.05, 4.69) is 29.6 Å². The second kappa shape index (κ2) is 4.56. The van der Waals surface area contributed by atoms with Crippen LogP contribution in [0.1, 0.15) is 30.1 Å². The average molecular weight is 217 g/mol. The summed E-state index contributed by atoms with van der Waals surface area (Å²) in [7, 11) is 0. The van der Waals surface area contributed by atoms with Gasteiger partial charge in [-0.05, 0) is 49.4 Å². The molecule has 0 amide bonds. The van der Waals surface area contributed by atoms with Crippen molar-refractivity contribution in [2.75, 3.05) is 19.7 Å². The van der Waals surface area contributed by atoms with E-state index >= 15 is 0 Å². The molecule has 2 heterocycles. The molecule has 16 heavy (non-hydrogen) atoms. The fraction of sp³-hybridized carbons (Fsp3) is 0.571. The maximum atomic E-state index is 6.02. The van der Waals surface area contributed by atoms with Crippen LogP contribution in [-0.4, -0.2) is 19.7 Å². The van der Waals surface area contributed by atoms with Crippen molar-refractivity contribution < 1.29 is 4.74 Å².